The molecule has 2 heterocycles. The fraction of sp³-hybridized carbons (Fsp3) is 0.125. The van der Waals surface area contributed by atoms with Crippen LogP contribution in [0.2, 0.25) is 0 Å². The van der Waals surface area contributed by atoms with Crippen molar-refractivity contribution in [3.63, 3.8) is 0 Å². The third-order valence-corrected chi connectivity index (χ3v) is 4.64. The summed E-state index contributed by atoms with van der Waals surface area (Å²) in [5.74, 6) is -0.422. The van der Waals surface area contributed by atoms with Crippen molar-refractivity contribution in [1.29, 1.82) is 0 Å². The molecule has 22 heavy (non-hydrogen) atoms. The minimum Gasteiger partial charge on any atom is -0.463 e. The van der Waals surface area contributed by atoms with E-state index < -0.39 is 0 Å². The van der Waals surface area contributed by atoms with Crippen LogP contribution in [0.25, 0.3) is 11.0 Å². The number of halogens is 1. The fourth-order valence-corrected chi connectivity index (χ4v) is 3.46. The summed E-state index contributed by atoms with van der Waals surface area (Å²) < 4.78 is 6.35. The van der Waals surface area contributed by atoms with Crippen molar-refractivity contribution >= 4 is 49.9 Å². The van der Waals surface area contributed by atoms with Gasteiger partial charge in [0.15, 0.2) is 5.78 Å². The van der Waals surface area contributed by atoms with Crippen molar-refractivity contribution in [2.24, 2.45) is 0 Å². The highest BCUT2D eigenvalue weighted by Crippen LogP contribution is 2.28. The molecule has 4 nitrogen and oxygen atoms in total. The maximum Gasteiger partial charge on any atom is 0.255 e. The molecular formula is C16H12BrNO3S. The normalized spacial score (nSPS) is 10.8. The van der Waals surface area contributed by atoms with E-state index in [9.17, 15) is 9.59 Å². The second-order valence-corrected chi connectivity index (χ2v) is 6.70. The Morgan fingerprint density at radius 3 is 2.91 bits per heavy atom. The number of nitrogens with one attached hydrogen (secondary N) is 1. The van der Waals surface area contributed by atoms with Gasteiger partial charge in [-0.05, 0) is 36.1 Å². The summed E-state index contributed by atoms with van der Waals surface area (Å²) >= 11 is 4.77. The molecule has 2 aromatic heterocycles. The van der Waals surface area contributed by atoms with E-state index in [0.717, 1.165) is 15.4 Å². The van der Waals surface area contributed by atoms with Gasteiger partial charge in [-0.15, -0.1) is 11.3 Å². The monoisotopic (exact) mass is 377 g/mol. The quantitative estimate of drug-likeness (QED) is 0.693. The van der Waals surface area contributed by atoms with Gasteiger partial charge < -0.3 is 9.73 Å². The number of ketones is 1. The first-order chi connectivity index (χ1) is 10.6. The number of thiophene rings is 1. The van der Waals surface area contributed by atoms with Crippen molar-refractivity contribution in [1.82, 2.24) is 5.32 Å². The zero-order valence-electron chi connectivity index (χ0n) is 11.7. The van der Waals surface area contributed by atoms with Gasteiger partial charge in [-0.1, -0.05) is 22.0 Å². The summed E-state index contributed by atoms with van der Waals surface area (Å²) in [7, 11) is 0. The third kappa shape index (κ3) is 2.84. The van der Waals surface area contributed by atoms with Crippen molar-refractivity contribution < 1.29 is 14.0 Å². The molecule has 0 saturated carbocycles. The average molecular weight is 378 g/mol. The lowest BCUT2D eigenvalue weighted by atomic mass is 10.1. The van der Waals surface area contributed by atoms with Crippen LogP contribution in [0, 0.1) is 6.92 Å². The van der Waals surface area contributed by atoms with Crippen LogP contribution in [0.4, 0.5) is 0 Å². The molecule has 1 amide bonds. The molecule has 1 aromatic carbocycles. The first-order valence-corrected chi connectivity index (χ1v) is 8.26. The number of furan rings is 1. The summed E-state index contributed by atoms with van der Waals surface area (Å²) in [4.78, 5) is 24.8. The number of carbonyl (C=O) groups is 2. The van der Waals surface area contributed by atoms with Crippen LogP contribution in [-0.2, 0) is 0 Å². The van der Waals surface area contributed by atoms with Crippen LogP contribution in [0.15, 0.2) is 44.8 Å². The van der Waals surface area contributed by atoms with Crippen molar-refractivity contribution in [2.75, 3.05) is 6.54 Å². The van der Waals surface area contributed by atoms with Gasteiger partial charge in [0, 0.05) is 9.86 Å². The Kier molecular flexibility index (Phi) is 4.13. The van der Waals surface area contributed by atoms with Gasteiger partial charge in [0.2, 0.25) is 0 Å². The number of benzene rings is 1. The molecule has 0 bridgehead atoms. The Balaban J connectivity index is 1.79. The van der Waals surface area contributed by atoms with E-state index in [4.69, 9.17) is 4.42 Å². The lowest BCUT2D eigenvalue weighted by Gasteiger charge is -2.03. The number of hydrogen-bond donors (Lipinski definition) is 1. The van der Waals surface area contributed by atoms with Crippen LogP contribution < -0.4 is 5.32 Å². The molecule has 6 heteroatoms. The molecule has 0 aliphatic carbocycles. The molecule has 0 aliphatic rings. The lowest BCUT2D eigenvalue weighted by Crippen LogP contribution is -2.29. The Morgan fingerprint density at radius 2 is 2.18 bits per heavy atom. The standard InChI is InChI=1S/C16H12BrNO3S/c1-9-5-10(17)6-11-12(8-21-15(9)11)16(20)18-7-13(19)14-3-2-4-22-14/h2-6,8H,7H2,1H3,(H,18,20). The summed E-state index contributed by atoms with van der Waals surface area (Å²) in [6.07, 6.45) is 1.43. The van der Waals surface area contributed by atoms with Gasteiger partial charge in [0.05, 0.1) is 17.0 Å². The Hall–Kier alpha value is -1.92. The molecule has 3 aromatic rings. The van der Waals surface area contributed by atoms with E-state index in [1.165, 1.54) is 17.6 Å². The molecule has 0 spiro atoms. The van der Waals surface area contributed by atoms with Crippen LogP contribution in [0.5, 0.6) is 0 Å². The van der Waals surface area contributed by atoms with E-state index >= 15 is 0 Å². The predicted molar refractivity (Wildman–Crippen MR) is 89.6 cm³/mol. The predicted octanol–water partition coefficient (Wildman–Crippen LogP) is 4.18. The van der Waals surface area contributed by atoms with Crippen molar-refractivity contribution in [2.45, 2.75) is 6.92 Å². The summed E-state index contributed by atoms with van der Waals surface area (Å²) in [6, 6.07) is 7.31. The van der Waals surface area contributed by atoms with E-state index in [1.54, 1.807) is 6.07 Å². The van der Waals surface area contributed by atoms with Gasteiger partial charge in [-0.25, -0.2) is 0 Å². The van der Waals surface area contributed by atoms with Gasteiger partial charge in [-0.2, -0.15) is 0 Å². The molecule has 0 atom stereocenters. The SMILES string of the molecule is Cc1cc(Br)cc2c(C(=O)NCC(=O)c3cccs3)coc12. The molecule has 1 N–H and O–H groups in total. The van der Waals surface area contributed by atoms with Crippen LogP contribution in [-0.4, -0.2) is 18.2 Å². The van der Waals surface area contributed by atoms with Gasteiger partial charge >= 0.3 is 0 Å². The van der Waals surface area contributed by atoms with Crippen LogP contribution in [0.3, 0.4) is 0 Å². The minimum absolute atomic E-state index is 0.0288. The number of rotatable bonds is 4. The summed E-state index contributed by atoms with van der Waals surface area (Å²) in [6.45, 7) is 1.89. The van der Waals surface area contributed by atoms with E-state index in [-0.39, 0.29) is 18.2 Å². The Labute approximate surface area is 139 Å². The van der Waals surface area contributed by atoms with Crippen LogP contribution >= 0.6 is 27.3 Å². The smallest absolute Gasteiger partial charge is 0.255 e. The van der Waals surface area contributed by atoms with E-state index in [1.807, 2.05) is 30.5 Å². The highest BCUT2D eigenvalue weighted by Gasteiger charge is 2.17. The van der Waals surface area contributed by atoms with Gasteiger partial charge in [0.1, 0.15) is 11.8 Å². The minimum atomic E-state index is -0.318. The van der Waals surface area contributed by atoms with Gasteiger partial charge in [-0.3, -0.25) is 9.59 Å². The zero-order chi connectivity index (χ0) is 15.7. The first-order valence-electron chi connectivity index (χ1n) is 6.58. The molecule has 3 rings (SSSR count). The number of aryl methyl sites for hydroxylation is 1. The molecular weight excluding hydrogens is 366 g/mol. The molecule has 0 unspecified atom stereocenters. The third-order valence-electron chi connectivity index (χ3n) is 3.27. The molecule has 0 radical (unpaired) electrons. The van der Waals surface area contributed by atoms with Crippen LogP contribution in [0.1, 0.15) is 25.6 Å². The van der Waals surface area contributed by atoms with Crippen molar-refractivity contribution in [3.8, 4) is 0 Å². The maximum atomic E-state index is 12.3. The zero-order valence-corrected chi connectivity index (χ0v) is 14.1. The summed E-state index contributed by atoms with van der Waals surface area (Å²) in [5, 5.41) is 5.21. The number of hydrogen-bond acceptors (Lipinski definition) is 4. The lowest BCUT2D eigenvalue weighted by molar-refractivity contribution is 0.0906. The Bertz CT molecular complexity index is 852. The fourth-order valence-electron chi connectivity index (χ4n) is 2.22. The second kappa shape index (κ2) is 6.06. The average Bonchev–Trinajstić information content (AvgIpc) is 3.13. The Morgan fingerprint density at radius 1 is 1.36 bits per heavy atom. The molecule has 0 fully saturated rings. The second-order valence-electron chi connectivity index (χ2n) is 4.83. The largest absolute Gasteiger partial charge is 0.463 e. The maximum absolute atomic E-state index is 12.3. The van der Waals surface area contributed by atoms with E-state index in [0.29, 0.717) is 16.0 Å². The number of fused-ring (bicyclic) bond motifs is 1. The van der Waals surface area contributed by atoms with Crippen molar-refractivity contribution in [3.05, 3.63) is 56.4 Å². The summed E-state index contributed by atoms with van der Waals surface area (Å²) in [5.41, 5.74) is 2.05. The van der Waals surface area contributed by atoms with Gasteiger partial charge in [0.25, 0.3) is 5.91 Å². The molecule has 0 aliphatic heterocycles. The van der Waals surface area contributed by atoms with E-state index in [2.05, 4.69) is 21.2 Å². The highest BCUT2D eigenvalue weighted by molar-refractivity contribution is 9.10. The highest BCUT2D eigenvalue weighted by atomic mass is 79.9. The molecule has 112 valence electrons. The molecule has 0 saturated heterocycles. The first kappa shape index (κ1) is 15.0. The topological polar surface area (TPSA) is 59.3 Å². The number of Topliss-reactive ketones (excluding diaryl/α,β-unsaturated/α-hetero) is 1. The number of carbonyl (C=O) groups excluding carboxylic acids is 2. The number of amides is 1.